The van der Waals surface area contributed by atoms with E-state index in [2.05, 4.69) is 10.1 Å². The van der Waals surface area contributed by atoms with Gasteiger partial charge in [0.1, 0.15) is 6.54 Å². The van der Waals surface area contributed by atoms with Crippen molar-refractivity contribution in [3.05, 3.63) is 42.0 Å². The van der Waals surface area contributed by atoms with Crippen LogP contribution in [0.3, 0.4) is 0 Å². The molecule has 0 aliphatic carbocycles. The second-order valence-electron chi connectivity index (χ2n) is 9.03. The summed E-state index contributed by atoms with van der Waals surface area (Å²) in [6.07, 6.45) is 1.14. The molecule has 1 aliphatic heterocycles. The zero-order valence-electron chi connectivity index (χ0n) is 20.5. The molecule has 12 heteroatoms. The van der Waals surface area contributed by atoms with Gasteiger partial charge in [-0.15, -0.1) is 0 Å². The van der Waals surface area contributed by atoms with Gasteiger partial charge in [0, 0.05) is 31.2 Å². The molecule has 1 atom stereocenters. The zero-order chi connectivity index (χ0) is 26.3. The average Bonchev–Trinajstić information content (AvgIpc) is 3.58. The van der Waals surface area contributed by atoms with Crippen LogP contribution in [0.5, 0.6) is 17.5 Å². The lowest BCUT2D eigenvalue weighted by atomic mass is 10.0. The van der Waals surface area contributed by atoms with Gasteiger partial charge in [0.05, 0.1) is 48.4 Å². The molecular weight excluding hydrogens is 491 g/mol. The first-order valence-corrected chi connectivity index (χ1v) is 11.7. The van der Waals surface area contributed by atoms with Crippen LogP contribution in [0, 0.1) is 12.8 Å². The third-order valence-corrected chi connectivity index (χ3v) is 6.45. The highest BCUT2D eigenvalue weighted by molar-refractivity contribution is 5.93. The van der Waals surface area contributed by atoms with E-state index in [4.69, 9.17) is 19.2 Å². The summed E-state index contributed by atoms with van der Waals surface area (Å²) in [4.78, 5) is 9.19. The lowest BCUT2D eigenvalue weighted by molar-refractivity contribution is -0.142. The van der Waals surface area contributed by atoms with E-state index in [0.29, 0.717) is 64.8 Å². The number of hydrogen-bond donors (Lipinski definition) is 1. The number of alkyl halides is 3. The first-order valence-electron chi connectivity index (χ1n) is 11.7. The highest BCUT2D eigenvalue weighted by Crippen LogP contribution is 2.40. The van der Waals surface area contributed by atoms with E-state index >= 15 is 0 Å². The van der Waals surface area contributed by atoms with Crippen molar-refractivity contribution in [3.8, 4) is 34.5 Å². The molecular formula is C25H26F3N5O4. The summed E-state index contributed by atoms with van der Waals surface area (Å²) in [5.41, 5.74) is 3.58. The Morgan fingerprint density at radius 1 is 1.19 bits per heavy atom. The predicted octanol–water partition coefficient (Wildman–Crippen LogP) is 4.46. The molecule has 1 unspecified atom stereocenters. The Hall–Kier alpha value is -3.80. The molecule has 1 fully saturated rings. The SMILES string of the molecule is COc1cc(-c2cc(C)c3c(O)n(-c4cnn(CC(F)(F)F)c4)c(CC4CCOC4)c3n2)cnc1OC. The van der Waals surface area contributed by atoms with Crippen LogP contribution in [-0.2, 0) is 17.7 Å². The minimum atomic E-state index is -4.42. The number of aryl methyl sites for hydroxylation is 1. The second-order valence-corrected chi connectivity index (χ2v) is 9.03. The van der Waals surface area contributed by atoms with E-state index in [1.165, 1.54) is 26.6 Å². The standard InChI is InChI=1S/C25H26F3N5O4/c1-14-6-18(16-8-20(35-2)23(36-3)29-9-16)31-22-19(7-15-4-5-37-12-15)33(24(34)21(14)22)17-10-30-32(11-17)13-25(26,27)28/h6,8-11,15,34H,4-5,7,12-13H2,1-3H3. The Morgan fingerprint density at radius 3 is 2.68 bits per heavy atom. The number of fused-ring (bicyclic) bond motifs is 1. The van der Waals surface area contributed by atoms with Crippen molar-refractivity contribution in [2.24, 2.45) is 5.92 Å². The third kappa shape index (κ3) is 4.80. The molecule has 0 spiro atoms. The lowest BCUT2D eigenvalue weighted by Gasteiger charge is -2.12. The molecule has 9 nitrogen and oxygen atoms in total. The van der Waals surface area contributed by atoms with Crippen molar-refractivity contribution >= 4 is 10.9 Å². The zero-order valence-corrected chi connectivity index (χ0v) is 20.5. The Labute approximate surface area is 210 Å². The maximum atomic E-state index is 12.9. The van der Waals surface area contributed by atoms with Crippen LogP contribution in [0.4, 0.5) is 13.2 Å². The summed E-state index contributed by atoms with van der Waals surface area (Å²) < 4.78 is 57.4. The molecule has 196 valence electrons. The van der Waals surface area contributed by atoms with E-state index < -0.39 is 12.7 Å². The van der Waals surface area contributed by atoms with E-state index in [1.807, 2.05) is 13.0 Å². The number of pyridine rings is 2. The van der Waals surface area contributed by atoms with Crippen LogP contribution in [0.25, 0.3) is 27.8 Å². The number of aromatic nitrogens is 5. The highest BCUT2D eigenvalue weighted by atomic mass is 19.4. The number of hydrogen-bond acceptors (Lipinski definition) is 7. The van der Waals surface area contributed by atoms with Crippen molar-refractivity contribution in [1.29, 1.82) is 0 Å². The van der Waals surface area contributed by atoms with Crippen molar-refractivity contribution < 1.29 is 32.5 Å². The number of ether oxygens (including phenoxy) is 3. The molecule has 1 N–H and O–H groups in total. The molecule has 0 aromatic carbocycles. The van der Waals surface area contributed by atoms with Gasteiger partial charge >= 0.3 is 6.18 Å². The average molecular weight is 518 g/mol. The van der Waals surface area contributed by atoms with Crippen LogP contribution in [0.15, 0.2) is 30.7 Å². The van der Waals surface area contributed by atoms with Crippen molar-refractivity contribution in [2.75, 3.05) is 27.4 Å². The van der Waals surface area contributed by atoms with Gasteiger partial charge in [-0.1, -0.05) is 0 Å². The number of halogens is 3. The van der Waals surface area contributed by atoms with Gasteiger partial charge in [-0.25, -0.2) is 9.97 Å². The first-order chi connectivity index (χ1) is 17.7. The summed E-state index contributed by atoms with van der Waals surface area (Å²) in [5.74, 6) is 0.860. The number of nitrogens with zero attached hydrogens (tertiary/aromatic N) is 5. The maximum Gasteiger partial charge on any atom is 0.408 e. The van der Waals surface area contributed by atoms with Gasteiger partial charge in [-0.05, 0) is 43.4 Å². The minimum absolute atomic E-state index is 0.0996. The van der Waals surface area contributed by atoms with Gasteiger partial charge in [-0.2, -0.15) is 18.3 Å². The molecule has 1 saturated heterocycles. The van der Waals surface area contributed by atoms with Crippen molar-refractivity contribution in [1.82, 2.24) is 24.3 Å². The molecule has 0 radical (unpaired) electrons. The largest absolute Gasteiger partial charge is 0.494 e. The predicted molar refractivity (Wildman–Crippen MR) is 128 cm³/mol. The molecule has 0 bridgehead atoms. The monoisotopic (exact) mass is 517 g/mol. The van der Waals surface area contributed by atoms with Crippen LogP contribution in [0.1, 0.15) is 17.7 Å². The van der Waals surface area contributed by atoms with E-state index in [0.717, 1.165) is 16.7 Å². The summed E-state index contributed by atoms with van der Waals surface area (Å²) in [5, 5.41) is 15.7. The fourth-order valence-electron chi connectivity index (χ4n) is 4.75. The molecule has 37 heavy (non-hydrogen) atoms. The van der Waals surface area contributed by atoms with E-state index in [-0.39, 0.29) is 11.8 Å². The Kier molecular flexibility index (Phi) is 6.44. The normalized spacial score (nSPS) is 16.0. The Bertz CT molecular complexity index is 1440. The second kappa shape index (κ2) is 9.58. The summed E-state index contributed by atoms with van der Waals surface area (Å²) in [6, 6.07) is 3.59. The number of aromatic hydroxyl groups is 1. The van der Waals surface area contributed by atoms with Crippen LogP contribution in [0.2, 0.25) is 0 Å². The van der Waals surface area contributed by atoms with Gasteiger partial charge in [0.25, 0.3) is 5.88 Å². The van der Waals surface area contributed by atoms with Gasteiger partial charge in [-0.3, -0.25) is 9.25 Å². The van der Waals surface area contributed by atoms with Crippen molar-refractivity contribution in [3.63, 3.8) is 0 Å². The quantitative estimate of drug-likeness (QED) is 0.387. The number of rotatable bonds is 7. The topological polar surface area (TPSA) is 96.5 Å². The first kappa shape index (κ1) is 24.9. The number of methoxy groups -OCH3 is 2. The van der Waals surface area contributed by atoms with E-state index in [1.54, 1.807) is 16.8 Å². The van der Waals surface area contributed by atoms with Gasteiger partial charge in [0.2, 0.25) is 5.88 Å². The fourth-order valence-corrected chi connectivity index (χ4v) is 4.75. The van der Waals surface area contributed by atoms with Gasteiger partial charge < -0.3 is 19.3 Å². The van der Waals surface area contributed by atoms with Crippen LogP contribution in [-0.4, -0.2) is 63.0 Å². The minimum Gasteiger partial charge on any atom is -0.494 e. The maximum absolute atomic E-state index is 12.9. The summed E-state index contributed by atoms with van der Waals surface area (Å²) >= 11 is 0. The summed E-state index contributed by atoms with van der Waals surface area (Å²) in [7, 11) is 3.02. The molecule has 1 aliphatic rings. The molecule has 5 heterocycles. The van der Waals surface area contributed by atoms with Crippen LogP contribution >= 0.6 is 0 Å². The molecule has 0 amide bonds. The Balaban J connectivity index is 1.68. The lowest BCUT2D eigenvalue weighted by Crippen LogP contribution is -2.17. The molecule has 0 saturated carbocycles. The van der Waals surface area contributed by atoms with Crippen molar-refractivity contribution in [2.45, 2.75) is 32.5 Å². The fraction of sp³-hybridized carbons (Fsp3) is 0.400. The van der Waals surface area contributed by atoms with Crippen LogP contribution < -0.4 is 9.47 Å². The summed E-state index contributed by atoms with van der Waals surface area (Å²) in [6.45, 7) is 1.81. The molecule has 5 rings (SSSR count). The third-order valence-electron chi connectivity index (χ3n) is 6.45. The van der Waals surface area contributed by atoms with E-state index in [9.17, 15) is 18.3 Å². The Morgan fingerprint density at radius 2 is 2.00 bits per heavy atom. The highest BCUT2D eigenvalue weighted by Gasteiger charge is 2.30. The molecule has 4 aromatic heterocycles. The smallest absolute Gasteiger partial charge is 0.408 e. The van der Waals surface area contributed by atoms with Gasteiger partial charge in [0.15, 0.2) is 5.75 Å². The molecule has 4 aromatic rings.